The number of nitrogens with zero attached hydrogens (tertiary/aromatic N) is 2. The molecule has 0 radical (unpaired) electrons. The third-order valence-corrected chi connectivity index (χ3v) is 4.39. The standard InChI is InChI=1S/C18H18BrN3O2/c1-22-16-7-6-14(24-2)11-15(16)21-17(22)8-9-20-18(23)12-4-3-5-13(19)10-12/h3-7,10-11H,8-9H2,1-2H3,(H,20,23). The Morgan fingerprint density at radius 2 is 2.12 bits per heavy atom. The molecule has 0 aliphatic heterocycles. The summed E-state index contributed by atoms with van der Waals surface area (Å²) >= 11 is 3.37. The number of methoxy groups -OCH3 is 1. The number of benzene rings is 2. The topological polar surface area (TPSA) is 56.1 Å². The van der Waals surface area contributed by atoms with Crippen LogP contribution in [0.2, 0.25) is 0 Å². The number of fused-ring (bicyclic) bond motifs is 1. The van der Waals surface area contributed by atoms with Crippen molar-refractivity contribution in [3.8, 4) is 5.75 Å². The lowest BCUT2D eigenvalue weighted by molar-refractivity contribution is 0.0954. The van der Waals surface area contributed by atoms with Gasteiger partial charge < -0.3 is 14.6 Å². The molecule has 6 heteroatoms. The Bertz CT molecular complexity index is 889. The lowest BCUT2D eigenvalue weighted by atomic mass is 10.2. The first kappa shape index (κ1) is 16.5. The highest BCUT2D eigenvalue weighted by Gasteiger charge is 2.10. The Hall–Kier alpha value is -2.34. The molecule has 0 saturated carbocycles. The summed E-state index contributed by atoms with van der Waals surface area (Å²) in [5.41, 5.74) is 2.58. The summed E-state index contributed by atoms with van der Waals surface area (Å²) in [6, 6.07) is 13.2. The average molecular weight is 388 g/mol. The zero-order chi connectivity index (χ0) is 17.1. The van der Waals surface area contributed by atoms with Gasteiger partial charge in [-0.25, -0.2) is 4.98 Å². The second-order valence-corrected chi connectivity index (χ2v) is 6.37. The molecule has 1 N–H and O–H groups in total. The molecule has 124 valence electrons. The molecular weight excluding hydrogens is 370 g/mol. The number of hydrogen-bond acceptors (Lipinski definition) is 3. The molecule has 1 amide bonds. The van der Waals surface area contributed by atoms with Crippen LogP contribution in [0.5, 0.6) is 5.75 Å². The van der Waals surface area contributed by atoms with Crippen molar-refractivity contribution in [2.24, 2.45) is 7.05 Å². The van der Waals surface area contributed by atoms with Gasteiger partial charge in [0.05, 0.1) is 18.1 Å². The van der Waals surface area contributed by atoms with Crippen LogP contribution in [-0.2, 0) is 13.5 Å². The van der Waals surface area contributed by atoms with Gasteiger partial charge in [0.2, 0.25) is 0 Å². The second-order valence-electron chi connectivity index (χ2n) is 5.46. The minimum Gasteiger partial charge on any atom is -0.497 e. The van der Waals surface area contributed by atoms with Crippen LogP contribution < -0.4 is 10.1 Å². The summed E-state index contributed by atoms with van der Waals surface area (Å²) in [7, 11) is 3.62. The fraction of sp³-hybridized carbons (Fsp3) is 0.222. The van der Waals surface area contributed by atoms with Crippen LogP contribution in [-0.4, -0.2) is 29.1 Å². The molecule has 0 bridgehead atoms. The van der Waals surface area contributed by atoms with Gasteiger partial charge in [-0.15, -0.1) is 0 Å². The predicted octanol–water partition coefficient (Wildman–Crippen LogP) is 3.32. The SMILES string of the molecule is COc1ccc2c(c1)nc(CCNC(=O)c1cccc(Br)c1)n2C. The Balaban J connectivity index is 1.67. The summed E-state index contributed by atoms with van der Waals surface area (Å²) in [6.07, 6.45) is 0.660. The summed E-state index contributed by atoms with van der Waals surface area (Å²) in [4.78, 5) is 16.8. The fourth-order valence-electron chi connectivity index (χ4n) is 2.60. The number of aryl methyl sites for hydroxylation is 1. The van der Waals surface area contributed by atoms with Gasteiger partial charge in [-0.05, 0) is 30.3 Å². The van der Waals surface area contributed by atoms with Crippen LogP contribution in [0, 0.1) is 0 Å². The van der Waals surface area contributed by atoms with Gasteiger partial charge in [0.25, 0.3) is 5.91 Å². The summed E-state index contributed by atoms with van der Waals surface area (Å²) < 4.78 is 8.16. The normalized spacial score (nSPS) is 10.8. The van der Waals surface area contributed by atoms with E-state index in [2.05, 4.69) is 26.2 Å². The van der Waals surface area contributed by atoms with Crippen molar-refractivity contribution in [2.45, 2.75) is 6.42 Å². The highest BCUT2D eigenvalue weighted by atomic mass is 79.9. The van der Waals surface area contributed by atoms with Crippen LogP contribution in [0.4, 0.5) is 0 Å². The van der Waals surface area contributed by atoms with Crippen molar-refractivity contribution in [2.75, 3.05) is 13.7 Å². The summed E-state index contributed by atoms with van der Waals surface area (Å²) in [6.45, 7) is 0.527. The summed E-state index contributed by atoms with van der Waals surface area (Å²) in [5.74, 6) is 1.62. The van der Waals surface area contributed by atoms with E-state index in [4.69, 9.17) is 4.74 Å². The van der Waals surface area contributed by atoms with Crippen molar-refractivity contribution >= 4 is 32.9 Å². The molecule has 5 nitrogen and oxygen atoms in total. The van der Waals surface area contributed by atoms with Gasteiger partial charge in [0, 0.05) is 36.1 Å². The van der Waals surface area contributed by atoms with Gasteiger partial charge in [-0.3, -0.25) is 4.79 Å². The number of amides is 1. The molecule has 0 spiro atoms. The van der Waals surface area contributed by atoms with E-state index in [1.54, 1.807) is 19.2 Å². The Labute approximate surface area is 148 Å². The molecule has 2 aromatic carbocycles. The maximum Gasteiger partial charge on any atom is 0.251 e. The highest BCUT2D eigenvalue weighted by molar-refractivity contribution is 9.10. The first-order valence-electron chi connectivity index (χ1n) is 7.61. The van der Waals surface area contributed by atoms with Gasteiger partial charge in [0.15, 0.2) is 0 Å². The number of halogens is 1. The number of ether oxygens (including phenoxy) is 1. The lowest BCUT2D eigenvalue weighted by Gasteiger charge is -2.06. The molecule has 0 aliphatic carbocycles. The number of aromatic nitrogens is 2. The van der Waals surface area contributed by atoms with E-state index >= 15 is 0 Å². The third kappa shape index (κ3) is 3.43. The van der Waals surface area contributed by atoms with E-state index < -0.39 is 0 Å². The Morgan fingerprint density at radius 1 is 1.29 bits per heavy atom. The zero-order valence-electron chi connectivity index (χ0n) is 13.5. The van der Waals surface area contributed by atoms with Crippen molar-refractivity contribution in [1.29, 1.82) is 0 Å². The van der Waals surface area contributed by atoms with Crippen molar-refractivity contribution in [3.05, 3.63) is 58.3 Å². The van der Waals surface area contributed by atoms with E-state index in [-0.39, 0.29) is 5.91 Å². The van der Waals surface area contributed by atoms with Gasteiger partial charge >= 0.3 is 0 Å². The minimum atomic E-state index is -0.0864. The van der Waals surface area contributed by atoms with Crippen molar-refractivity contribution < 1.29 is 9.53 Å². The van der Waals surface area contributed by atoms with Crippen LogP contribution >= 0.6 is 15.9 Å². The second kappa shape index (κ2) is 7.05. The maximum absolute atomic E-state index is 12.2. The molecule has 1 heterocycles. The maximum atomic E-state index is 12.2. The summed E-state index contributed by atoms with van der Waals surface area (Å²) in [5, 5.41) is 2.93. The van der Waals surface area contributed by atoms with Crippen molar-refractivity contribution in [1.82, 2.24) is 14.9 Å². The molecule has 0 unspecified atom stereocenters. The monoisotopic (exact) mass is 387 g/mol. The molecule has 0 atom stereocenters. The van der Waals surface area contributed by atoms with Crippen LogP contribution in [0.3, 0.4) is 0 Å². The number of nitrogens with one attached hydrogen (secondary N) is 1. The molecule has 0 fully saturated rings. The quantitative estimate of drug-likeness (QED) is 0.730. The number of imidazole rings is 1. The molecule has 1 aromatic heterocycles. The largest absolute Gasteiger partial charge is 0.497 e. The number of hydrogen-bond donors (Lipinski definition) is 1. The van der Waals surface area contributed by atoms with E-state index in [0.717, 1.165) is 27.1 Å². The fourth-order valence-corrected chi connectivity index (χ4v) is 3.00. The molecule has 24 heavy (non-hydrogen) atoms. The van der Waals surface area contributed by atoms with E-state index in [0.29, 0.717) is 18.5 Å². The predicted molar refractivity (Wildman–Crippen MR) is 97.4 cm³/mol. The van der Waals surface area contributed by atoms with Crippen molar-refractivity contribution in [3.63, 3.8) is 0 Å². The van der Waals surface area contributed by atoms with Gasteiger partial charge in [-0.1, -0.05) is 22.0 Å². The van der Waals surface area contributed by atoms with Crippen LogP contribution in [0.1, 0.15) is 16.2 Å². The van der Waals surface area contributed by atoms with E-state index in [1.165, 1.54) is 0 Å². The number of carbonyl (C=O) groups excluding carboxylic acids is 1. The average Bonchev–Trinajstić information content (AvgIpc) is 2.90. The van der Waals surface area contributed by atoms with Crippen LogP contribution in [0.25, 0.3) is 11.0 Å². The van der Waals surface area contributed by atoms with Gasteiger partial charge in [-0.2, -0.15) is 0 Å². The highest BCUT2D eigenvalue weighted by Crippen LogP contribution is 2.21. The molecule has 0 saturated heterocycles. The molecule has 0 aliphatic rings. The molecular formula is C18H18BrN3O2. The molecule has 3 aromatic rings. The number of carbonyl (C=O) groups is 1. The van der Waals surface area contributed by atoms with E-state index in [9.17, 15) is 4.79 Å². The Morgan fingerprint density at radius 3 is 2.88 bits per heavy atom. The minimum absolute atomic E-state index is 0.0864. The molecule has 3 rings (SSSR count). The zero-order valence-corrected chi connectivity index (χ0v) is 15.1. The third-order valence-electron chi connectivity index (χ3n) is 3.90. The Kier molecular flexibility index (Phi) is 4.85. The lowest BCUT2D eigenvalue weighted by Crippen LogP contribution is -2.26. The first-order valence-corrected chi connectivity index (χ1v) is 8.41. The first-order chi connectivity index (χ1) is 11.6. The van der Waals surface area contributed by atoms with Gasteiger partial charge in [0.1, 0.15) is 11.6 Å². The van der Waals surface area contributed by atoms with Crippen LogP contribution in [0.15, 0.2) is 46.9 Å². The smallest absolute Gasteiger partial charge is 0.251 e. The van der Waals surface area contributed by atoms with E-state index in [1.807, 2.05) is 41.9 Å². The number of rotatable bonds is 5.